The molecule has 1 saturated heterocycles. The maximum atomic E-state index is 5.43. The normalized spacial score (nSPS) is 17.8. The van der Waals surface area contributed by atoms with Gasteiger partial charge in [0.2, 0.25) is 0 Å². The predicted molar refractivity (Wildman–Crippen MR) is 46.7 cm³/mol. The summed E-state index contributed by atoms with van der Waals surface area (Å²) in [7, 11) is 0. The molecule has 0 radical (unpaired) electrons. The van der Waals surface area contributed by atoms with Crippen molar-refractivity contribution in [3.8, 4) is 0 Å². The van der Waals surface area contributed by atoms with Crippen molar-refractivity contribution < 1.29 is 9.31 Å². The van der Waals surface area contributed by atoms with Crippen molar-refractivity contribution in [2.45, 2.75) is 0 Å². The zero-order chi connectivity index (χ0) is 8.10. The van der Waals surface area contributed by atoms with E-state index in [4.69, 9.17) is 27.9 Å². The first-order chi connectivity index (χ1) is 5.29. The number of halogens is 2. The molecular weight excluding hydrogens is 185 g/mol. The fourth-order valence-corrected chi connectivity index (χ4v) is 1.00. The van der Waals surface area contributed by atoms with E-state index in [9.17, 15) is 0 Å². The van der Waals surface area contributed by atoms with E-state index < -0.39 is 0 Å². The second-order valence-corrected chi connectivity index (χ2v) is 3.26. The van der Waals surface area contributed by atoms with Crippen LogP contribution in [0.25, 0.3) is 0 Å². The molecule has 0 bridgehead atoms. The van der Waals surface area contributed by atoms with Gasteiger partial charge in [-0.25, -0.2) is 4.58 Å². The molecule has 0 unspecified atom stereocenters. The topological polar surface area (TPSA) is 12.2 Å². The first kappa shape index (κ1) is 9.04. The third-order valence-electron chi connectivity index (χ3n) is 1.46. The van der Waals surface area contributed by atoms with E-state index >= 15 is 0 Å². The van der Waals surface area contributed by atoms with Crippen LogP contribution in [0.1, 0.15) is 0 Å². The third-order valence-corrected chi connectivity index (χ3v) is 1.71. The van der Waals surface area contributed by atoms with E-state index in [1.807, 2.05) is 6.21 Å². The zero-order valence-electron chi connectivity index (χ0n) is 6.09. The molecule has 0 saturated carbocycles. The van der Waals surface area contributed by atoms with Crippen LogP contribution in [0.2, 0.25) is 0 Å². The lowest BCUT2D eigenvalue weighted by Gasteiger charge is -2.09. The minimum atomic E-state index is 0.288. The highest BCUT2D eigenvalue weighted by Gasteiger charge is 2.08. The van der Waals surface area contributed by atoms with Gasteiger partial charge in [0.1, 0.15) is 17.7 Å². The molecule has 1 heterocycles. The van der Waals surface area contributed by atoms with E-state index in [1.54, 1.807) is 6.08 Å². The summed E-state index contributed by atoms with van der Waals surface area (Å²) < 4.78 is 7.57. The highest BCUT2D eigenvalue weighted by atomic mass is 35.5. The minimum absolute atomic E-state index is 0.288. The van der Waals surface area contributed by atoms with E-state index in [1.165, 1.54) is 0 Å². The Morgan fingerprint density at radius 1 is 1.27 bits per heavy atom. The molecule has 1 fully saturated rings. The quantitative estimate of drug-likeness (QED) is 0.576. The molecule has 11 heavy (non-hydrogen) atoms. The van der Waals surface area contributed by atoms with Crippen LogP contribution >= 0.6 is 23.2 Å². The summed E-state index contributed by atoms with van der Waals surface area (Å²) >= 11 is 10.9. The largest absolute Gasteiger partial charge is 0.368 e. The van der Waals surface area contributed by atoms with Crippen LogP contribution in [-0.2, 0) is 4.74 Å². The van der Waals surface area contributed by atoms with Crippen LogP contribution in [-0.4, -0.2) is 37.1 Å². The average Bonchev–Trinajstić information content (AvgIpc) is 2.03. The molecule has 62 valence electrons. The molecule has 2 nitrogen and oxygen atoms in total. The van der Waals surface area contributed by atoms with Crippen LogP contribution in [0, 0.1) is 0 Å². The van der Waals surface area contributed by atoms with Crippen LogP contribution < -0.4 is 0 Å². The van der Waals surface area contributed by atoms with Crippen molar-refractivity contribution >= 4 is 29.4 Å². The lowest BCUT2D eigenvalue weighted by atomic mass is 10.5. The molecule has 0 aliphatic carbocycles. The van der Waals surface area contributed by atoms with Crippen molar-refractivity contribution in [2.24, 2.45) is 0 Å². The number of nitrogens with zero attached hydrogens (tertiary/aromatic N) is 1. The van der Waals surface area contributed by atoms with Gasteiger partial charge < -0.3 is 4.74 Å². The number of allylic oxidation sites excluding steroid dienone is 1. The van der Waals surface area contributed by atoms with Gasteiger partial charge in [-0.05, 0) is 0 Å². The maximum absolute atomic E-state index is 5.43. The summed E-state index contributed by atoms with van der Waals surface area (Å²) in [5, 5.41) is 0. The molecule has 4 heteroatoms. The van der Waals surface area contributed by atoms with Gasteiger partial charge in [0.25, 0.3) is 0 Å². The zero-order valence-corrected chi connectivity index (χ0v) is 7.61. The smallest absolute Gasteiger partial charge is 0.166 e. The monoisotopic (exact) mass is 194 g/mol. The van der Waals surface area contributed by atoms with E-state index in [0.717, 1.165) is 26.3 Å². The van der Waals surface area contributed by atoms with Gasteiger partial charge in [-0.3, -0.25) is 0 Å². The summed E-state index contributed by atoms with van der Waals surface area (Å²) in [5.74, 6) is 0. The first-order valence-electron chi connectivity index (χ1n) is 3.47. The van der Waals surface area contributed by atoms with Gasteiger partial charge in [0.05, 0.1) is 0 Å². The number of hydrogen-bond donors (Lipinski definition) is 0. The standard InChI is InChI=1S/C7H10Cl2NO/c8-7(9)1-2-10-3-5-11-6-4-10/h1-2H,3-6H2/q+1. The van der Waals surface area contributed by atoms with Gasteiger partial charge in [-0.1, -0.05) is 23.2 Å². The molecule has 0 aromatic carbocycles. The van der Waals surface area contributed by atoms with Crippen molar-refractivity contribution in [1.29, 1.82) is 0 Å². The van der Waals surface area contributed by atoms with Gasteiger partial charge >= 0.3 is 0 Å². The second-order valence-electron chi connectivity index (χ2n) is 2.25. The van der Waals surface area contributed by atoms with Crippen LogP contribution in [0.5, 0.6) is 0 Å². The molecule has 0 atom stereocenters. The van der Waals surface area contributed by atoms with Crippen molar-refractivity contribution in [3.63, 3.8) is 0 Å². The molecule has 1 aliphatic heterocycles. The Labute approximate surface area is 76.1 Å². The molecule has 0 N–H and O–H groups in total. The molecule has 1 rings (SSSR count). The Bertz CT molecular complexity index is 177. The van der Waals surface area contributed by atoms with E-state index in [0.29, 0.717) is 0 Å². The molecular formula is C7H10Cl2NO+. The minimum Gasteiger partial charge on any atom is -0.368 e. The second kappa shape index (κ2) is 4.75. The Morgan fingerprint density at radius 2 is 1.91 bits per heavy atom. The summed E-state index contributed by atoms with van der Waals surface area (Å²) in [6, 6.07) is 0. The van der Waals surface area contributed by atoms with Crippen LogP contribution in [0.15, 0.2) is 10.6 Å². The summed E-state index contributed by atoms with van der Waals surface area (Å²) in [5.41, 5.74) is 0. The lowest BCUT2D eigenvalue weighted by Crippen LogP contribution is -2.28. The summed E-state index contributed by atoms with van der Waals surface area (Å²) in [4.78, 5) is 0. The summed E-state index contributed by atoms with van der Waals surface area (Å²) in [6.45, 7) is 3.39. The maximum Gasteiger partial charge on any atom is 0.166 e. The van der Waals surface area contributed by atoms with Crippen LogP contribution in [0.3, 0.4) is 0 Å². The molecule has 0 spiro atoms. The van der Waals surface area contributed by atoms with Gasteiger partial charge in [-0.15, -0.1) is 0 Å². The Hall–Kier alpha value is -0.0500. The highest BCUT2D eigenvalue weighted by molar-refractivity contribution is 6.56. The van der Waals surface area contributed by atoms with Crippen molar-refractivity contribution in [1.82, 2.24) is 0 Å². The van der Waals surface area contributed by atoms with E-state index in [2.05, 4.69) is 4.58 Å². The fourth-order valence-electron chi connectivity index (χ4n) is 0.888. The number of ether oxygens (including phenoxy) is 1. The Morgan fingerprint density at radius 3 is 2.45 bits per heavy atom. The SMILES string of the molecule is ClC(Cl)=CC=[N+]1CCOCC1. The summed E-state index contributed by atoms with van der Waals surface area (Å²) in [6.07, 6.45) is 3.56. The van der Waals surface area contributed by atoms with Crippen molar-refractivity contribution in [2.75, 3.05) is 26.3 Å². The molecule has 1 aliphatic rings. The number of rotatable bonds is 1. The Kier molecular flexibility index (Phi) is 3.91. The van der Waals surface area contributed by atoms with Crippen molar-refractivity contribution in [3.05, 3.63) is 10.6 Å². The lowest BCUT2D eigenvalue weighted by molar-refractivity contribution is -0.544. The Balaban J connectivity index is 2.44. The highest BCUT2D eigenvalue weighted by Crippen LogP contribution is 2.03. The molecule has 0 aromatic rings. The average molecular weight is 195 g/mol. The first-order valence-corrected chi connectivity index (χ1v) is 4.22. The van der Waals surface area contributed by atoms with E-state index in [-0.39, 0.29) is 4.49 Å². The number of morpholine rings is 1. The van der Waals surface area contributed by atoms with Gasteiger partial charge in [0.15, 0.2) is 19.3 Å². The predicted octanol–water partition coefficient (Wildman–Crippen LogP) is 1.42. The van der Waals surface area contributed by atoms with Gasteiger partial charge in [-0.2, -0.15) is 0 Å². The molecule has 0 aromatic heterocycles. The van der Waals surface area contributed by atoms with Gasteiger partial charge in [0, 0.05) is 6.08 Å². The fraction of sp³-hybridized carbons (Fsp3) is 0.571. The number of hydrogen-bond acceptors (Lipinski definition) is 1. The van der Waals surface area contributed by atoms with Crippen LogP contribution in [0.4, 0.5) is 0 Å². The molecule has 0 amide bonds. The third kappa shape index (κ3) is 3.75.